The number of aliphatic hydroxyl groups is 1. The first-order chi connectivity index (χ1) is 29.4. The number of thioether (sulfide) groups is 1. The van der Waals surface area contributed by atoms with Crippen LogP contribution < -0.4 is 31.9 Å². The first kappa shape index (κ1) is 48.0. The lowest BCUT2D eigenvalue weighted by molar-refractivity contribution is -0.954. The van der Waals surface area contributed by atoms with Gasteiger partial charge in [0.1, 0.15) is 24.5 Å². The fraction of sp³-hybridized carbons (Fsp3) is 0.729. The maximum Gasteiger partial charge on any atom is 0.316 e. The Balaban J connectivity index is 1.04. The van der Waals surface area contributed by atoms with Crippen molar-refractivity contribution < 1.29 is 38.7 Å². The van der Waals surface area contributed by atoms with E-state index >= 15 is 0 Å². The summed E-state index contributed by atoms with van der Waals surface area (Å²) in [7, 11) is 1.72. The Bertz CT molecular complexity index is 1800. The lowest BCUT2D eigenvalue weighted by atomic mass is 9.44. The SMILES string of the molecule is C=C[C@]1(C)C[C@@H](OC(=O)CSC2CC3CCC(C2)[NH+]3Cc2ccc(NC(=O)[C@H](CCCNC(N)=O)NC(=O)C(NC)C(C)C)cc2)[C@]2(C)[C@H](C)CC[C@]3(CCC(=O)[C@H]32)[C@@H](C)[C@@H]1O. The second-order valence-corrected chi connectivity index (χ2v) is 21.7. The Morgan fingerprint density at radius 3 is 2.34 bits per heavy atom. The van der Waals surface area contributed by atoms with Gasteiger partial charge in [0.25, 0.3) is 0 Å². The van der Waals surface area contributed by atoms with Gasteiger partial charge in [-0.05, 0) is 80.9 Å². The van der Waals surface area contributed by atoms with E-state index in [0.29, 0.717) is 55.2 Å². The summed E-state index contributed by atoms with van der Waals surface area (Å²) in [5.74, 6) is -0.352. The fourth-order valence-corrected chi connectivity index (χ4v) is 13.8. The standard InChI is InChI=1S/C48H74N6O7S/c1-9-46(6)25-38(47(7)29(4)18-20-48(30(5)42(46)57)21-19-37(55)41(47)48)61-39(56)27-62-35-23-33-16-17-34(24-35)54(33)26-31-12-14-32(15-13-31)52-43(58)36(11-10-22-51-45(49)60)53-44(59)40(50-8)28(2)3/h9,12-15,28-30,33-36,38,40-42,50,57H,1,10-11,16-27H2,2-8H3,(H,52,58)(H,53,59)(H3,49,51,60)/p+1/t29-,30+,33?,34?,35?,36+,38-,40?,41+,42+,46-,47+,48+/m1/s1. The number of quaternary nitrogens is 1. The molecule has 2 saturated heterocycles. The molecule has 14 heteroatoms. The molecule has 1 aromatic carbocycles. The number of amides is 4. The van der Waals surface area contributed by atoms with E-state index in [-0.39, 0.29) is 58.4 Å². The number of nitrogens with two attached hydrogens (primary N) is 1. The highest BCUT2D eigenvalue weighted by Crippen LogP contribution is 2.68. The van der Waals surface area contributed by atoms with Crippen LogP contribution in [-0.2, 0) is 30.5 Å². The average molecular weight is 880 g/mol. The monoisotopic (exact) mass is 880 g/mol. The zero-order valence-electron chi connectivity index (χ0n) is 38.2. The summed E-state index contributed by atoms with van der Waals surface area (Å²) in [4.78, 5) is 66.9. The maximum absolute atomic E-state index is 13.9. The van der Waals surface area contributed by atoms with E-state index in [0.717, 1.165) is 51.5 Å². The fourth-order valence-electron chi connectivity index (χ4n) is 12.7. The number of ether oxygens (including phenoxy) is 1. The van der Waals surface area contributed by atoms with E-state index in [1.165, 1.54) is 5.56 Å². The number of hydrogen-bond acceptors (Lipinski definition) is 9. The van der Waals surface area contributed by atoms with E-state index in [4.69, 9.17) is 10.5 Å². The summed E-state index contributed by atoms with van der Waals surface area (Å²) < 4.78 is 6.56. The van der Waals surface area contributed by atoms with Gasteiger partial charge in [0.15, 0.2) is 0 Å². The number of primary amides is 1. The maximum atomic E-state index is 13.9. The van der Waals surface area contributed by atoms with E-state index in [9.17, 15) is 29.1 Å². The number of aliphatic hydroxyl groups excluding tert-OH is 1. The number of benzene rings is 1. The molecule has 0 spiro atoms. The average Bonchev–Trinajstić information content (AvgIpc) is 3.69. The van der Waals surface area contributed by atoms with E-state index < -0.39 is 41.2 Å². The summed E-state index contributed by atoms with van der Waals surface area (Å²) in [6.45, 7) is 17.8. The second kappa shape index (κ2) is 19.7. The number of ketones is 1. The molecule has 0 aromatic heterocycles. The van der Waals surface area contributed by atoms with E-state index in [2.05, 4.69) is 60.8 Å². The summed E-state index contributed by atoms with van der Waals surface area (Å²) in [6, 6.07) is 7.04. The number of carbonyl (C=O) groups excluding carboxylic acids is 5. The second-order valence-electron chi connectivity index (χ2n) is 20.4. The predicted octanol–water partition coefficient (Wildman–Crippen LogP) is 4.52. The van der Waals surface area contributed by atoms with Crippen LogP contribution in [0.25, 0.3) is 0 Å². The van der Waals surface area contributed by atoms with Crippen LogP contribution in [0.15, 0.2) is 36.9 Å². The molecular weight excluding hydrogens is 805 g/mol. The van der Waals surface area contributed by atoms with Crippen molar-refractivity contribution in [3.05, 3.63) is 42.5 Å². The summed E-state index contributed by atoms with van der Waals surface area (Å²) in [6.07, 6.45) is 9.45. The van der Waals surface area contributed by atoms with Gasteiger partial charge in [0.05, 0.1) is 30.0 Å². The Hall–Kier alpha value is -3.46. The van der Waals surface area contributed by atoms with Gasteiger partial charge in [-0.25, -0.2) is 4.79 Å². The predicted molar refractivity (Wildman–Crippen MR) is 243 cm³/mol. The first-order valence-electron chi connectivity index (χ1n) is 23.3. The van der Waals surface area contributed by atoms with Gasteiger partial charge in [-0.2, -0.15) is 0 Å². The van der Waals surface area contributed by atoms with E-state index in [1.54, 1.807) is 23.7 Å². The number of urea groups is 1. The zero-order valence-corrected chi connectivity index (χ0v) is 39.0. The van der Waals surface area contributed by atoms with Crippen molar-refractivity contribution >= 4 is 47.0 Å². The topological polar surface area (TPSA) is 193 Å². The molecule has 4 amide bonds. The Morgan fingerprint density at radius 1 is 1.05 bits per heavy atom. The first-order valence-corrected chi connectivity index (χ1v) is 24.3. The van der Waals surface area contributed by atoms with Crippen LogP contribution in [0.5, 0.6) is 0 Å². The lowest BCUT2D eigenvalue weighted by Crippen LogP contribution is -3.17. The largest absolute Gasteiger partial charge is 0.461 e. The molecule has 3 aliphatic carbocycles. The zero-order chi connectivity index (χ0) is 45.1. The summed E-state index contributed by atoms with van der Waals surface area (Å²) in [5.41, 5.74) is 5.56. The molecule has 3 unspecified atom stereocenters. The molecule has 2 aliphatic heterocycles. The minimum Gasteiger partial charge on any atom is -0.461 e. The van der Waals surface area contributed by atoms with Gasteiger partial charge in [0, 0.05) is 71.9 Å². The van der Waals surface area contributed by atoms with Gasteiger partial charge >= 0.3 is 12.0 Å². The van der Waals surface area contributed by atoms with Crippen LogP contribution in [0.3, 0.4) is 0 Å². The molecule has 5 aliphatic rings. The third-order valence-corrected chi connectivity index (χ3v) is 17.8. The third kappa shape index (κ3) is 9.78. The van der Waals surface area contributed by atoms with Gasteiger partial charge in [-0.1, -0.05) is 59.8 Å². The molecule has 12 atom stereocenters. The minimum atomic E-state index is -0.795. The molecule has 3 saturated carbocycles. The van der Waals surface area contributed by atoms with Crippen LogP contribution in [0, 0.1) is 39.9 Å². The lowest BCUT2D eigenvalue weighted by Gasteiger charge is -2.61. The van der Waals surface area contributed by atoms with Gasteiger partial charge in [-0.3, -0.25) is 19.2 Å². The van der Waals surface area contributed by atoms with Gasteiger partial charge in [0.2, 0.25) is 11.8 Å². The molecule has 1 aromatic rings. The van der Waals surface area contributed by atoms with Crippen molar-refractivity contribution in [2.24, 2.45) is 45.7 Å². The molecule has 4 bridgehead atoms. The van der Waals surface area contributed by atoms with Crippen LogP contribution in [0.4, 0.5) is 10.5 Å². The number of Topliss-reactive ketones (excluding diaryl/α,β-unsaturated/α-hetero) is 1. The highest BCUT2D eigenvalue weighted by molar-refractivity contribution is 8.00. The molecule has 2 heterocycles. The van der Waals surface area contributed by atoms with Crippen molar-refractivity contribution in [1.82, 2.24) is 16.0 Å². The number of piperidine rings is 1. The van der Waals surface area contributed by atoms with Crippen molar-refractivity contribution in [1.29, 1.82) is 0 Å². The quantitative estimate of drug-likeness (QED) is 0.0670. The molecule has 344 valence electrons. The molecule has 13 nitrogen and oxygen atoms in total. The molecule has 0 radical (unpaired) electrons. The Morgan fingerprint density at radius 2 is 1.73 bits per heavy atom. The number of fused-ring (bicyclic) bond motifs is 2. The number of hydrogen-bond donors (Lipinski definition) is 7. The Labute approximate surface area is 373 Å². The number of anilines is 1. The smallest absolute Gasteiger partial charge is 0.316 e. The number of likely N-dealkylation sites (N-methyl/N-ethyl adjacent to an activating group) is 1. The highest BCUT2D eigenvalue weighted by atomic mass is 32.2. The number of rotatable bonds is 17. The van der Waals surface area contributed by atoms with E-state index in [1.807, 2.05) is 39.0 Å². The summed E-state index contributed by atoms with van der Waals surface area (Å²) in [5, 5.41) is 23.7. The minimum absolute atomic E-state index is 0.0256. The molecule has 6 rings (SSSR count). The van der Waals surface area contributed by atoms with Crippen molar-refractivity contribution in [3.8, 4) is 0 Å². The normalized spacial score (nSPS) is 36.1. The molecule has 5 fully saturated rings. The van der Waals surface area contributed by atoms with Gasteiger partial charge < -0.3 is 41.7 Å². The van der Waals surface area contributed by atoms with Crippen LogP contribution >= 0.6 is 11.8 Å². The highest BCUT2D eigenvalue weighted by Gasteiger charge is 2.68. The van der Waals surface area contributed by atoms with Crippen molar-refractivity contribution in [2.75, 3.05) is 24.7 Å². The molecule has 8 N–H and O–H groups in total. The number of nitrogens with one attached hydrogen (secondary N) is 5. The van der Waals surface area contributed by atoms with Crippen LogP contribution in [0.1, 0.15) is 118 Å². The summed E-state index contributed by atoms with van der Waals surface area (Å²) >= 11 is 1.71. The van der Waals surface area contributed by atoms with Crippen LogP contribution in [0.2, 0.25) is 0 Å². The molecular formula is C48H75N6O7S+. The molecule has 62 heavy (non-hydrogen) atoms. The van der Waals surface area contributed by atoms with Crippen LogP contribution in [-0.4, -0.2) is 95.7 Å². The number of carbonyl (C=O) groups is 5. The van der Waals surface area contributed by atoms with Gasteiger partial charge in [-0.15, -0.1) is 18.3 Å². The Kier molecular flexibility index (Phi) is 15.3. The number of esters is 1. The van der Waals surface area contributed by atoms with Crippen molar-refractivity contribution in [3.63, 3.8) is 0 Å². The third-order valence-electron chi connectivity index (χ3n) is 16.5. The van der Waals surface area contributed by atoms with Crippen molar-refractivity contribution in [2.45, 2.75) is 160 Å².